The van der Waals surface area contributed by atoms with Crippen LogP contribution in [0.5, 0.6) is 0 Å². The number of hydrazine groups is 1. The van der Waals surface area contributed by atoms with Gasteiger partial charge in [0.25, 0.3) is 0 Å². The van der Waals surface area contributed by atoms with E-state index in [1.807, 2.05) is 0 Å². The SMILES string of the molecule is C#CCCC(CCC1CCCC1)NN. The first-order valence-electron chi connectivity index (χ1n) is 5.76. The molecule has 2 heteroatoms. The summed E-state index contributed by atoms with van der Waals surface area (Å²) in [6, 6.07) is 0.423. The Morgan fingerprint density at radius 2 is 2.07 bits per heavy atom. The molecule has 0 aromatic carbocycles. The van der Waals surface area contributed by atoms with E-state index >= 15 is 0 Å². The minimum Gasteiger partial charge on any atom is -0.271 e. The first-order chi connectivity index (χ1) is 6.86. The van der Waals surface area contributed by atoms with Crippen LogP contribution in [-0.4, -0.2) is 6.04 Å². The van der Waals surface area contributed by atoms with Gasteiger partial charge in [-0.1, -0.05) is 25.7 Å². The van der Waals surface area contributed by atoms with Gasteiger partial charge in [0, 0.05) is 12.5 Å². The molecule has 0 bridgehead atoms. The van der Waals surface area contributed by atoms with Crippen molar-refractivity contribution in [3.8, 4) is 12.3 Å². The summed E-state index contributed by atoms with van der Waals surface area (Å²) in [7, 11) is 0. The summed E-state index contributed by atoms with van der Waals surface area (Å²) in [6.07, 6.45) is 15.3. The molecule has 1 saturated carbocycles. The van der Waals surface area contributed by atoms with Crippen LogP contribution >= 0.6 is 0 Å². The molecule has 0 heterocycles. The lowest BCUT2D eigenvalue weighted by atomic mass is 9.97. The molecule has 0 aromatic rings. The van der Waals surface area contributed by atoms with Crippen molar-refractivity contribution in [3.63, 3.8) is 0 Å². The van der Waals surface area contributed by atoms with E-state index in [1.165, 1.54) is 38.5 Å². The summed E-state index contributed by atoms with van der Waals surface area (Å²) in [5.41, 5.74) is 2.87. The fourth-order valence-electron chi connectivity index (χ4n) is 2.30. The van der Waals surface area contributed by atoms with Gasteiger partial charge in [0.2, 0.25) is 0 Å². The highest BCUT2D eigenvalue weighted by Crippen LogP contribution is 2.29. The number of terminal acetylenes is 1. The van der Waals surface area contributed by atoms with Crippen LogP contribution in [0, 0.1) is 18.3 Å². The summed E-state index contributed by atoms with van der Waals surface area (Å²) in [4.78, 5) is 0. The predicted molar refractivity (Wildman–Crippen MR) is 60.4 cm³/mol. The van der Waals surface area contributed by atoms with E-state index in [1.54, 1.807) is 0 Å². The van der Waals surface area contributed by atoms with Gasteiger partial charge in [-0.05, 0) is 25.2 Å². The Kier molecular flexibility index (Phi) is 5.66. The number of rotatable bonds is 6. The molecular formula is C12H22N2. The van der Waals surface area contributed by atoms with E-state index in [2.05, 4.69) is 11.3 Å². The third-order valence-corrected chi connectivity index (χ3v) is 3.27. The van der Waals surface area contributed by atoms with Gasteiger partial charge in [-0.25, -0.2) is 0 Å². The maximum Gasteiger partial charge on any atom is 0.0219 e. The van der Waals surface area contributed by atoms with Crippen molar-refractivity contribution in [2.24, 2.45) is 11.8 Å². The third-order valence-electron chi connectivity index (χ3n) is 3.27. The van der Waals surface area contributed by atoms with E-state index in [0.29, 0.717) is 6.04 Å². The molecule has 80 valence electrons. The van der Waals surface area contributed by atoms with Gasteiger partial charge < -0.3 is 0 Å². The van der Waals surface area contributed by atoms with Crippen molar-refractivity contribution in [2.45, 2.75) is 57.4 Å². The number of nitrogens with two attached hydrogens (primary N) is 1. The van der Waals surface area contributed by atoms with Crippen LogP contribution in [-0.2, 0) is 0 Å². The van der Waals surface area contributed by atoms with Gasteiger partial charge in [-0.3, -0.25) is 11.3 Å². The quantitative estimate of drug-likeness (QED) is 0.386. The Labute approximate surface area is 87.6 Å². The minimum atomic E-state index is 0.423. The molecule has 0 aromatic heterocycles. The van der Waals surface area contributed by atoms with E-state index in [-0.39, 0.29) is 0 Å². The lowest BCUT2D eigenvalue weighted by Gasteiger charge is -2.16. The monoisotopic (exact) mass is 194 g/mol. The second kappa shape index (κ2) is 6.86. The van der Waals surface area contributed by atoms with Gasteiger partial charge in [0.1, 0.15) is 0 Å². The fourth-order valence-corrected chi connectivity index (χ4v) is 2.30. The lowest BCUT2D eigenvalue weighted by molar-refractivity contribution is 0.396. The fraction of sp³-hybridized carbons (Fsp3) is 0.833. The second-order valence-corrected chi connectivity index (χ2v) is 4.33. The van der Waals surface area contributed by atoms with Crippen LogP contribution in [0.4, 0.5) is 0 Å². The van der Waals surface area contributed by atoms with Gasteiger partial charge >= 0.3 is 0 Å². The molecule has 2 nitrogen and oxygen atoms in total. The Morgan fingerprint density at radius 3 is 2.64 bits per heavy atom. The van der Waals surface area contributed by atoms with Crippen molar-refractivity contribution in [1.29, 1.82) is 0 Å². The molecular weight excluding hydrogens is 172 g/mol. The molecule has 3 N–H and O–H groups in total. The Bertz CT molecular complexity index is 177. The van der Waals surface area contributed by atoms with Crippen LogP contribution in [0.1, 0.15) is 51.4 Å². The van der Waals surface area contributed by atoms with E-state index in [0.717, 1.165) is 18.8 Å². The highest BCUT2D eigenvalue weighted by atomic mass is 15.2. The van der Waals surface area contributed by atoms with Crippen molar-refractivity contribution >= 4 is 0 Å². The molecule has 0 radical (unpaired) electrons. The standard InChI is InChI=1S/C12H22N2/c1-2-3-8-12(14-13)10-9-11-6-4-5-7-11/h1,11-12,14H,3-10,13H2. The zero-order valence-electron chi connectivity index (χ0n) is 8.97. The molecule has 1 aliphatic rings. The average Bonchev–Trinajstić information content (AvgIpc) is 2.71. The largest absolute Gasteiger partial charge is 0.271 e. The van der Waals surface area contributed by atoms with Crippen LogP contribution in [0.25, 0.3) is 0 Å². The Morgan fingerprint density at radius 1 is 1.36 bits per heavy atom. The third kappa shape index (κ3) is 4.13. The van der Waals surface area contributed by atoms with Gasteiger partial charge in [0.05, 0.1) is 0 Å². The molecule has 1 atom stereocenters. The molecule has 1 aliphatic carbocycles. The smallest absolute Gasteiger partial charge is 0.0219 e. The lowest BCUT2D eigenvalue weighted by Crippen LogP contribution is -2.35. The zero-order valence-corrected chi connectivity index (χ0v) is 8.97. The second-order valence-electron chi connectivity index (χ2n) is 4.33. The van der Waals surface area contributed by atoms with Gasteiger partial charge in [-0.15, -0.1) is 12.3 Å². The number of hydrogen-bond acceptors (Lipinski definition) is 2. The van der Waals surface area contributed by atoms with Gasteiger partial charge in [-0.2, -0.15) is 0 Å². The normalized spacial score (nSPS) is 19.4. The molecule has 0 spiro atoms. The first kappa shape index (κ1) is 11.6. The Balaban J connectivity index is 2.10. The van der Waals surface area contributed by atoms with Crippen LogP contribution in [0.3, 0.4) is 0 Å². The summed E-state index contributed by atoms with van der Waals surface area (Å²) in [5.74, 6) is 9.10. The van der Waals surface area contributed by atoms with Crippen molar-refractivity contribution in [2.75, 3.05) is 0 Å². The van der Waals surface area contributed by atoms with Crippen LogP contribution < -0.4 is 11.3 Å². The molecule has 1 unspecified atom stereocenters. The average molecular weight is 194 g/mol. The highest BCUT2D eigenvalue weighted by molar-refractivity contribution is 4.85. The van der Waals surface area contributed by atoms with E-state index in [4.69, 9.17) is 12.3 Å². The van der Waals surface area contributed by atoms with Gasteiger partial charge in [0.15, 0.2) is 0 Å². The summed E-state index contributed by atoms with van der Waals surface area (Å²) in [6.45, 7) is 0. The predicted octanol–water partition coefficient (Wildman–Crippen LogP) is 2.20. The van der Waals surface area contributed by atoms with Crippen LogP contribution in [0.15, 0.2) is 0 Å². The zero-order chi connectivity index (χ0) is 10.2. The topological polar surface area (TPSA) is 38.0 Å². The van der Waals surface area contributed by atoms with Crippen molar-refractivity contribution < 1.29 is 0 Å². The number of nitrogens with one attached hydrogen (secondary N) is 1. The first-order valence-corrected chi connectivity index (χ1v) is 5.76. The Hall–Kier alpha value is -0.520. The maximum atomic E-state index is 5.48. The van der Waals surface area contributed by atoms with Crippen molar-refractivity contribution in [3.05, 3.63) is 0 Å². The van der Waals surface area contributed by atoms with E-state index < -0.39 is 0 Å². The van der Waals surface area contributed by atoms with Crippen molar-refractivity contribution in [1.82, 2.24) is 5.43 Å². The molecule has 0 aliphatic heterocycles. The number of hydrogen-bond donors (Lipinski definition) is 2. The van der Waals surface area contributed by atoms with Crippen LogP contribution in [0.2, 0.25) is 0 Å². The highest BCUT2D eigenvalue weighted by Gasteiger charge is 2.16. The molecule has 14 heavy (non-hydrogen) atoms. The van der Waals surface area contributed by atoms with E-state index in [9.17, 15) is 0 Å². The summed E-state index contributed by atoms with van der Waals surface area (Å²) < 4.78 is 0. The minimum absolute atomic E-state index is 0.423. The molecule has 0 amide bonds. The summed E-state index contributed by atoms with van der Waals surface area (Å²) >= 11 is 0. The summed E-state index contributed by atoms with van der Waals surface area (Å²) in [5, 5.41) is 0. The molecule has 1 rings (SSSR count). The molecule has 1 fully saturated rings. The molecule has 0 saturated heterocycles. The maximum absolute atomic E-state index is 5.48.